The third kappa shape index (κ3) is 4.26. The Morgan fingerprint density at radius 2 is 1.52 bits per heavy atom. The molecule has 4 bridgehead atoms. The van der Waals surface area contributed by atoms with Gasteiger partial charge in [0.2, 0.25) is 5.91 Å². The number of hydrogen-bond acceptors (Lipinski definition) is 5. The highest BCUT2D eigenvalue weighted by molar-refractivity contribution is 7.92. The largest absolute Gasteiger partial charge is 0.365 e. The molecule has 1 aromatic carbocycles. The minimum absolute atomic E-state index is 0.123. The maximum Gasteiger partial charge on any atom is 0.261 e. The Labute approximate surface area is 183 Å². The van der Waals surface area contributed by atoms with Crippen LogP contribution in [0, 0.1) is 17.8 Å². The smallest absolute Gasteiger partial charge is 0.261 e. The minimum atomic E-state index is -3.74. The van der Waals surface area contributed by atoms with Gasteiger partial charge in [0, 0.05) is 18.2 Å². The molecule has 0 aliphatic heterocycles. The van der Waals surface area contributed by atoms with Gasteiger partial charge in [0.1, 0.15) is 5.82 Å². The van der Waals surface area contributed by atoms with E-state index < -0.39 is 10.0 Å². The molecule has 1 aromatic heterocycles. The van der Waals surface area contributed by atoms with Crippen molar-refractivity contribution in [3.63, 3.8) is 0 Å². The molecule has 4 aliphatic carbocycles. The van der Waals surface area contributed by atoms with Crippen molar-refractivity contribution in [2.24, 2.45) is 17.8 Å². The molecule has 6 rings (SSSR count). The van der Waals surface area contributed by atoms with Gasteiger partial charge >= 0.3 is 0 Å². The number of amides is 1. The maximum absolute atomic E-state index is 12.7. The summed E-state index contributed by atoms with van der Waals surface area (Å²) in [5, 5.41) is 6.33. The monoisotopic (exact) mass is 440 g/mol. The summed E-state index contributed by atoms with van der Waals surface area (Å²) in [7, 11) is -3.74. The summed E-state index contributed by atoms with van der Waals surface area (Å²) in [5.41, 5.74) is 1.13. The van der Waals surface area contributed by atoms with Crippen molar-refractivity contribution in [2.45, 2.75) is 55.9 Å². The molecule has 0 radical (unpaired) electrons. The van der Waals surface area contributed by atoms with E-state index in [9.17, 15) is 13.2 Å². The summed E-state index contributed by atoms with van der Waals surface area (Å²) in [6.45, 7) is 1.40. The normalized spacial score (nSPS) is 28.9. The Kier molecular flexibility index (Phi) is 4.92. The van der Waals surface area contributed by atoms with Gasteiger partial charge in [0.15, 0.2) is 0 Å². The van der Waals surface area contributed by atoms with Crippen LogP contribution in [0.3, 0.4) is 0 Å². The number of hydrogen-bond donors (Lipinski definition) is 3. The first-order valence-corrected chi connectivity index (χ1v) is 12.4. The van der Waals surface area contributed by atoms with Gasteiger partial charge in [-0.3, -0.25) is 9.52 Å². The average Bonchev–Trinajstić information content (AvgIpc) is 2.68. The Morgan fingerprint density at radius 3 is 2.03 bits per heavy atom. The maximum atomic E-state index is 12.7. The molecular formula is C23H28N4O3S. The Hall–Kier alpha value is -2.61. The average molecular weight is 441 g/mol. The molecule has 1 heterocycles. The van der Waals surface area contributed by atoms with Crippen molar-refractivity contribution in [2.75, 3.05) is 15.4 Å². The highest BCUT2D eigenvalue weighted by Gasteiger charge is 2.51. The predicted molar refractivity (Wildman–Crippen MR) is 120 cm³/mol. The number of nitrogens with one attached hydrogen (secondary N) is 3. The zero-order valence-corrected chi connectivity index (χ0v) is 18.4. The third-order valence-electron chi connectivity index (χ3n) is 6.93. The molecule has 1 amide bonds. The van der Waals surface area contributed by atoms with E-state index in [-0.39, 0.29) is 16.3 Å². The van der Waals surface area contributed by atoms with Gasteiger partial charge in [-0.1, -0.05) is 0 Å². The standard InChI is InChI=1S/C23H28N4O3S/c1-15(28)25-19-2-5-21(6-3-19)31(29,30)27-20-4-7-22(24-14-20)26-23-11-16-8-17(12-23)10-18(9-16)13-23/h2-7,14,16-18,27H,8-13H2,1H3,(H,24,26)(H,25,28). The van der Waals surface area contributed by atoms with E-state index in [1.807, 2.05) is 6.07 Å². The first-order valence-electron chi connectivity index (χ1n) is 10.9. The molecular weight excluding hydrogens is 412 g/mol. The highest BCUT2D eigenvalue weighted by atomic mass is 32.2. The van der Waals surface area contributed by atoms with Crippen LogP contribution in [0.4, 0.5) is 17.2 Å². The molecule has 0 saturated heterocycles. The molecule has 4 aliphatic rings. The van der Waals surface area contributed by atoms with E-state index in [0.29, 0.717) is 11.4 Å². The zero-order chi connectivity index (χ0) is 21.6. The first-order chi connectivity index (χ1) is 14.8. The lowest BCUT2D eigenvalue weighted by Gasteiger charge is -2.57. The lowest BCUT2D eigenvalue weighted by atomic mass is 9.53. The number of nitrogens with zero attached hydrogens (tertiary/aromatic N) is 1. The van der Waals surface area contributed by atoms with Gasteiger partial charge in [-0.25, -0.2) is 13.4 Å². The van der Waals surface area contributed by atoms with Gasteiger partial charge in [-0.2, -0.15) is 0 Å². The summed E-state index contributed by atoms with van der Waals surface area (Å²) in [5.74, 6) is 3.15. The molecule has 2 aromatic rings. The lowest BCUT2D eigenvalue weighted by molar-refractivity contribution is -0.114. The Bertz CT molecular complexity index is 1050. The van der Waals surface area contributed by atoms with E-state index >= 15 is 0 Å². The topological polar surface area (TPSA) is 100 Å². The summed E-state index contributed by atoms with van der Waals surface area (Å²) >= 11 is 0. The van der Waals surface area contributed by atoms with Gasteiger partial charge in [-0.05, 0) is 92.7 Å². The summed E-state index contributed by atoms with van der Waals surface area (Å²) in [4.78, 5) is 15.7. The third-order valence-corrected chi connectivity index (χ3v) is 8.33. The summed E-state index contributed by atoms with van der Waals surface area (Å²) in [6, 6.07) is 9.66. The molecule has 4 fully saturated rings. The molecule has 164 valence electrons. The van der Waals surface area contributed by atoms with E-state index in [0.717, 1.165) is 23.6 Å². The summed E-state index contributed by atoms with van der Waals surface area (Å²) < 4.78 is 27.9. The number of carbonyl (C=O) groups is 1. The molecule has 0 atom stereocenters. The fourth-order valence-electron chi connectivity index (χ4n) is 6.20. The molecule has 31 heavy (non-hydrogen) atoms. The predicted octanol–water partition coefficient (Wildman–Crippen LogP) is 4.22. The summed E-state index contributed by atoms with van der Waals surface area (Å²) in [6.07, 6.45) is 9.41. The lowest BCUT2D eigenvalue weighted by Crippen LogP contribution is -2.54. The van der Waals surface area contributed by atoms with Crippen LogP contribution in [0.25, 0.3) is 0 Å². The second-order valence-corrected chi connectivity index (χ2v) is 11.2. The van der Waals surface area contributed by atoms with Crippen LogP contribution in [-0.4, -0.2) is 24.8 Å². The highest BCUT2D eigenvalue weighted by Crippen LogP contribution is 2.56. The van der Waals surface area contributed by atoms with Crippen molar-refractivity contribution in [1.82, 2.24) is 4.98 Å². The van der Waals surface area contributed by atoms with Gasteiger partial charge in [0.05, 0.1) is 16.8 Å². The van der Waals surface area contributed by atoms with Crippen LogP contribution in [0.2, 0.25) is 0 Å². The van der Waals surface area contributed by atoms with Crippen molar-refractivity contribution in [1.29, 1.82) is 0 Å². The van der Waals surface area contributed by atoms with E-state index in [1.165, 1.54) is 57.6 Å². The quantitative estimate of drug-likeness (QED) is 0.624. The molecule has 0 spiro atoms. The van der Waals surface area contributed by atoms with Crippen molar-refractivity contribution >= 4 is 33.1 Å². The number of rotatable bonds is 6. The molecule has 8 heteroatoms. The number of sulfonamides is 1. The fraction of sp³-hybridized carbons (Fsp3) is 0.478. The molecule has 3 N–H and O–H groups in total. The number of anilines is 3. The Balaban J connectivity index is 1.25. The molecule has 7 nitrogen and oxygen atoms in total. The van der Waals surface area contributed by atoms with E-state index in [1.54, 1.807) is 24.4 Å². The second kappa shape index (κ2) is 7.51. The van der Waals surface area contributed by atoms with Crippen LogP contribution >= 0.6 is 0 Å². The molecule has 4 saturated carbocycles. The Morgan fingerprint density at radius 1 is 0.935 bits per heavy atom. The zero-order valence-electron chi connectivity index (χ0n) is 17.6. The van der Waals surface area contributed by atoms with Crippen LogP contribution in [0.5, 0.6) is 0 Å². The van der Waals surface area contributed by atoms with Gasteiger partial charge < -0.3 is 10.6 Å². The number of aromatic nitrogens is 1. The number of pyridine rings is 1. The fourth-order valence-corrected chi connectivity index (χ4v) is 7.24. The van der Waals surface area contributed by atoms with Gasteiger partial charge in [-0.15, -0.1) is 0 Å². The second-order valence-electron chi connectivity index (χ2n) is 9.57. The van der Waals surface area contributed by atoms with Crippen LogP contribution in [0.1, 0.15) is 45.4 Å². The number of carbonyl (C=O) groups excluding carboxylic acids is 1. The molecule has 0 unspecified atom stereocenters. The van der Waals surface area contributed by atoms with Crippen LogP contribution in [-0.2, 0) is 14.8 Å². The van der Waals surface area contributed by atoms with E-state index in [2.05, 4.69) is 20.3 Å². The van der Waals surface area contributed by atoms with E-state index in [4.69, 9.17) is 0 Å². The minimum Gasteiger partial charge on any atom is -0.365 e. The van der Waals surface area contributed by atoms with Crippen molar-refractivity contribution in [3.05, 3.63) is 42.6 Å². The van der Waals surface area contributed by atoms with Crippen molar-refractivity contribution in [3.8, 4) is 0 Å². The SMILES string of the molecule is CC(=O)Nc1ccc(S(=O)(=O)Nc2ccc(NC34CC5CC(CC(C5)C3)C4)nc2)cc1. The van der Waals surface area contributed by atoms with Crippen LogP contribution < -0.4 is 15.4 Å². The van der Waals surface area contributed by atoms with Gasteiger partial charge in [0.25, 0.3) is 10.0 Å². The van der Waals surface area contributed by atoms with Crippen LogP contribution in [0.15, 0.2) is 47.5 Å². The first kappa shape index (κ1) is 20.3. The van der Waals surface area contributed by atoms with Crippen molar-refractivity contribution < 1.29 is 13.2 Å². The number of benzene rings is 1.